The lowest BCUT2D eigenvalue weighted by Gasteiger charge is -2.38. The highest BCUT2D eigenvalue weighted by Crippen LogP contribution is 2.49. The molecule has 1 aromatic rings. The SMILES string of the molecule is CCS(=O)(=O)C1(c2nc(CC(=O)O)cs2)CCC1. The van der Waals surface area contributed by atoms with Crippen molar-refractivity contribution in [1.82, 2.24) is 4.98 Å². The van der Waals surface area contributed by atoms with Gasteiger partial charge in [-0.3, -0.25) is 4.79 Å². The highest BCUT2D eigenvalue weighted by molar-refractivity contribution is 7.92. The summed E-state index contributed by atoms with van der Waals surface area (Å²) in [7, 11) is -3.19. The van der Waals surface area contributed by atoms with Crippen molar-refractivity contribution in [3.8, 4) is 0 Å². The Hall–Kier alpha value is -0.950. The van der Waals surface area contributed by atoms with Crippen LogP contribution in [0.3, 0.4) is 0 Å². The van der Waals surface area contributed by atoms with Gasteiger partial charge in [-0.1, -0.05) is 6.92 Å². The Kier molecular flexibility index (Phi) is 3.46. The molecular formula is C11H15NO4S2. The van der Waals surface area contributed by atoms with E-state index < -0.39 is 20.6 Å². The van der Waals surface area contributed by atoms with Gasteiger partial charge in [0.2, 0.25) is 0 Å². The number of thiazole rings is 1. The molecule has 0 unspecified atom stereocenters. The Labute approximate surface area is 110 Å². The van der Waals surface area contributed by atoms with Crippen LogP contribution in [-0.2, 0) is 25.8 Å². The molecule has 0 aromatic carbocycles. The Morgan fingerprint density at radius 2 is 2.22 bits per heavy atom. The van der Waals surface area contributed by atoms with Crippen molar-refractivity contribution in [1.29, 1.82) is 0 Å². The average Bonchev–Trinajstić information content (AvgIpc) is 2.63. The molecule has 5 nitrogen and oxygen atoms in total. The van der Waals surface area contributed by atoms with Crippen LogP contribution < -0.4 is 0 Å². The minimum absolute atomic E-state index is 0.0981. The van der Waals surface area contributed by atoms with Crippen LogP contribution in [0.4, 0.5) is 0 Å². The number of nitrogens with zero attached hydrogens (tertiary/aromatic N) is 1. The second-order valence-corrected chi connectivity index (χ2v) is 7.91. The van der Waals surface area contributed by atoms with E-state index in [1.54, 1.807) is 12.3 Å². The van der Waals surface area contributed by atoms with Crippen LogP contribution in [0.5, 0.6) is 0 Å². The third kappa shape index (κ3) is 2.05. The molecule has 1 aliphatic rings. The molecule has 1 aliphatic carbocycles. The maximum absolute atomic E-state index is 12.2. The van der Waals surface area contributed by atoms with Gasteiger partial charge in [-0.15, -0.1) is 11.3 Å². The van der Waals surface area contributed by atoms with Gasteiger partial charge < -0.3 is 5.11 Å². The van der Waals surface area contributed by atoms with E-state index in [0.717, 1.165) is 6.42 Å². The standard InChI is InChI=1S/C11H15NO4S2/c1-2-18(15,16)11(4-3-5-11)10-12-8(7-17-10)6-9(13)14/h7H,2-6H2,1H3,(H,13,14). The zero-order valence-electron chi connectivity index (χ0n) is 10.0. The summed E-state index contributed by atoms with van der Waals surface area (Å²) >= 11 is 1.26. The molecule has 2 rings (SSSR count). The second kappa shape index (κ2) is 4.62. The fraction of sp³-hybridized carbons (Fsp3) is 0.636. The highest BCUT2D eigenvalue weighted by Gasteiger charge is 2.51. The maximum Gasteiger partial charge on any atom is 0.309 e. The number of hydrogen-bond donors (Lipinski definition) is 1. The van der Waals surface area contributed by atoms with E-state index in [2.05, 4.69) is 4.98 Å². The molecule has 0 atom stereocenters. The molecule has 1 aromatic heterocycles. The predicted molar refractivity (Wildman–Crippen MR) is 68.4 cm³/mol. The average molecular weight is 289 g/mol. The monoisotopic (exact) mass is 289 g/mol. The van der Waals surface area contributed by atoms with Gasteiger partial charge in [-0.25, -0.2) is 13.4 Å². The van der Waals surface area contributed by atoms with Gasteiger partial charge in [0, 0.05) is 11.1 Å². The lowest BCUT2D eigenvalue weighted by Crippen LogP contribution is -2.43. The quantitative estimate of drug-likeness (QED) is 0.889. The number of hydrogen-bond acceptors (Lipinski definition) is 5. The van der Waals surface area contributed by atoms with Crippen LogP contribution in [-0.4, -0.2) is 30.2 Å². The smallest absolute Gasteiger partial charge is 0.309 e. The van der Waals surface area contributed by atoms with Crippen LogP contribution in [0, 0.1) is 0 Å². The molecular weight excluding hydrogens is 274 g/mol. The van der Waals surface area contributed by atoms with Gasteiger partial charge in [0.05, 0.1) is 12.1 Å². The largest absolute Gasteiger partial charge is 0.481 e. The molecule has 1 saturated carbocycles. The minimum Gasteiger partial charge on any atom is -0.481 e. The molecule has 100 valence electrons. The first-order valence-electron chi connectivity index (χ1n) is 5.80. The van der Waals surface area contributed by atoms with Gasteiger partial charge in [-0.05, 0) is 19.3 Å². The zero-order valence-corrected chi connectivity index (χ0v) is 11.7. The highest BCUT2D eigenvalue weighted by atomic mass is 32.2. The van der Waals surface area contributed by atoms with Crippen molar-refractivity contribution in [3.63, 3.8) is 0 Å². The van der Waals surface area contributed by atoms with Gasteiger partial charge in [-0.2, -0.15) is 0 Å². The van der Waals surface area contributed by atoms with Gasteiger partial charge >= 0.3 is 5.97 Å². The molecule has 0 bridgehead atoms. The Morgan fingerprint density at radius 1 is 1.56 bits per heavy atom. The molecule has 0 spiro atoms. The summed E-state index contributed by atoms with van der Waals surface area (Å²) in [6, 6.07) is 0. The molecule has 1 fully saturated rings. The van der Waals surface area contributed by atoms with Crippen LogP contribution >= 0.6 is 11.3 Å². The van der Waals surface area contributed by atoms with E-state index in [9.17, 15) is 13.2 Å². The number of aromatic nitrogens is 1. The Morgan fingerprint density at radius 3 is 2.67 bits per heavy atom. The molecule has 1 heterocycles. The summed E-state index contributed by atoms with van der Waals surface area (Å²) in [5.41, 5.74) is 0.445. The normalized spacial score (nSPS) is 18.3. The van der Waals surface area contributed by atoms with E-state index >= 15 is 0 Å². The topological polar surface area (TPSA) is 84.3 Å². The van der Waals surface area contributed by atoms with Crippen molar-refractivity contribution >= 4 is 27.1 Å². The van der Waals surface area contributed by atoms with Crippen molar-refractivity contribution in [2.75, 3.05) is 5.75 Å². The first-order chi connectivity index (χ1) is 8.41. The number of carboxylic acid groups (broad SMARTS) is 1. The van der Waals surface area contributed by atoms with E-state index in [-0.39, 0.29) is 12.2 Å². The molecule has 0 aliphatic heterocycles. The van der Waals surface area contributed by atoms with Crippen molar-refractivity contribution in [3.05, 3.63) is 16.1 Å². The number of carbonyl (C=O) groups is 1. The summed E-state index contributed by atoms with van der Waals surface area (Å²) in [6.45, 7) is 1.64. The lowest BCUT2D eigenvalue weighted by atomic mass is 9.85. The number of aliphatic carboxylic acids is 1. The van der Waals surface area contributed by atoms with Crippen molar-refractivity contribution < 1.29 is 18.3 Å². The fourth-order valence-corrected chi connectivity index (χ4v) is 5.46. The maximum atomic E-state index is 12.2. The third-order valence-electron chi connectivity index (χ3n) is 3.41. The molecule has 0 amide bonds. The first kappa shape index (κ1) is 13.5. The second-order valence-electron chi connectivity index (χ2n) is 4.47. The fourth-order valence-electron chi connectivity index (χ4n) is 2.18. The van der Waals surface area contributed by atoms with Gasteiger partial charge in [0.25, 0.3) is 0 Å². The Balaban J connectivity index is 2.34. The summed E-state index contributed by atoms with van der Waals surface area (Å²) in [6.07, 6.45) is 1.93. The third-order valence-corrected chi connectivity index (χ3v) is 7.19. The van der Waals surface area contributed by atoms with E-state index in [4.69, 9.17) is 5.11 Å². The Bertz CT molecular complexity index is 557. The van der Waals surface area contributed by atoms with Gasteiger partial charge in [0.1, 0.15) is 9.75 Å². The minimum atomic E-state index is -3.19. The lowest BCUT2D eigenvalue weighted by molar-refractivity contribution is -0.136. The molecule has 0 saturated heterocycles. The van der Waals surface area contributed by atoms with E-state index in [1.165, 1.54) is 11.3 Å². The number of carboxylic acids is 1. The van der Waals surface area contributed by atoms with Crippen LogP contribution in [0.1, 0.15) is 36.9 Å². The van der Waals surface area contributed by atoms with Crippen LogP contribution in [0.15, 0.2) is 5.38 Å². The predicted octanol–water partition coefficient (Wildman–Crippen LogP) is 1.58. The van der Waals surface area contributed by atoms with E-state index in [1.807, 2.05) is 0 Å². The first-order valence-corrected chi connectivity index (χ1v) is 8.33. The van der Waals surface area contributed by atoms with E-state index in [0.29, 0.717) is 23.5 Å². The van der Waals surface area contributed by atoms with Crippen LogP contribution in [0.25, 0.3) is 0 Å². The molecule has 18 heavy (non-hydrogen) atoms. The number of sulfone groups is 1. The zero-order chi connectivity index (χ0) is 13.4. The molecule has 0 radical (unpaired) electrons. The van der Waals surface area contributed by atoms with Crippen molar-refractivity contribution in [2.24, 2.45) is 0 Å². The molecule has 1 N–H and O–H groups in total. The summed E-state index contributed by atoms with van der Waals surface area (Å²) in [4.78, 5) is 14.8. The van der Waals surface area contributed by atoms with Gasteiger partial charge in [0.15, 0.2) is 9.84 Å². The summed E-state index contributed by atoms with van der Waals surface area (Å²) in [5.74, 6) is -0.853. The van der Waals surface area contributed by atoms with Crippen molar-refractivity contribution in [2.45, 2.75) is 37.4 Å². The number of rotatable bonds is 5. The molecule has 7 heteroatoms. The van der Waals surface area contributed by atoms with Crippen LogP contribution in [0.2, 0.25) is 0 Å². The summed E-state index contributed by atoms with van der Waals surface area (Å²) < 4.78 is 23.5. The summed E-state index contributed by atoms with van der Waals surface area (Å²) in [5, 5.41) is 10.9.